The van der Waals surface area contributed by atoms with Crippen molar-refractivity contribution in [1.29, 1.82) is 5.26 Å². The zero-order chi connectivity index (χ0) is 29.1. The summed E-state index contributed by atoms with van der Waals surface area (Å²) in [5, 5.41) is 17.3. The van der Waals surface area contributed by atoms with Gasteiger partial charge in [-0.3, -0.25) is 24.2 Å². The number of hydrogen-bond acceptors (Lipinski definition) is 8. The van der Waals surface area contributed by atoms with E-state index in [1.165, 1.54) is 12.3 Å². The lowest BCUT2D eigenvalue weighted by Crippen LogP contribution is -2.43. The molecule has 214 valence electrons. The molecule has 1 aliphatic rings. The van der Waals surface area contributed by atoms with E-state index in [2.05, 4.69) is 20.9 Å². The monoisotopic (exact) mass is 559 g/mol. The zero-order valence-electron chi connectivity index (χ0n) is 21.8. The lowest BCUT2D eigenvalue weighted by atomic mass is 10.1. The molecule has 2 aromatic rings. The molecule has 2 heterocycles. The summed E-state index contributed by atoms with van der Waals surface area (Å²) < 4.78 is 33.0. The Bertz CT molecular complexity index is 1280. The zero-order valence-corrected chi connectivity index (χ0v) is 21.8. The van der Waals surface area contributed by atoms with Crippen LogP contribution in [0.1, 0.15) is 36.0 Å². The van der Waals surface area contributed by atoms with Crippen LogP contribution in [0.2, 0.25) is 0 Å². The lowest BCUT2D eigenvalue weighted by Gasteiger charge is -2.19. The third-order valence-corrected chi connectivity index (χ3v) is 6.06. The van der Waals surface area contributed by atoms with Crippen molar-refractivity contribution in [3.63, 3.8) is 0 Å². The highest BCUT2D eigenvalue weighted by Gasteiger charge is 2.47. The number of nitrogens with one attached hydrogen (secondary N) is 3. The predicted molar refractivity (Wildman–Crippen MR) is 139 cm³/mol. The summed E-state index contributed by atoms with van der Waals surface area (Å²) in [6.45, 7) is -0.310. The first-order chi connectivity index (χ1) is 19.1. The van der Waals surface area contributed by atoms with Crippen LogP contribution < -0.4 is 26.4 Å². The van der Waals surface area contributed by atoms with E-state index in [0.29, 0.717) is 36.2 Å². The van der Waals surface area contributed by atoms with Gasteiger partial charge < -0.3 is 31.3 Å². The fourth-order valence-corrected chi connectivity index (χ4v) is 4.12. The van der Waals surface area contributed by atoms with Gasteiger partial charge in [0.1, 0.15) is 18.4 Å². The third kappa shape index (κ3) is 8.57. The lowest BCUT2D eigenvalue weighted by molar-refractivity contribution is -0.131. The number of likely N-dealkylation sites (tertiary alicyclic amines) is 1. The molecule has 40 heavy (non-hydrogen) atoms. The highest BCUT2D eigenvalue weighted by molar-refractivity contribution is 6.07. The molecular weight excluding hydrogens is 528 g/mol. The van der Waals surface area contributed by atoms with E-state index in [1.807, 2.05) is 0 Å². The average molecular weight is 560 g/mol. The van der Waals surface area contributed by atoms with Crippen LogP contribution in [0, 0.1) is 11.3 Å². The number of ether oxygens (including phenoxy) is 1. The molecule has 1 fully saturated rings. The van der Waals surface area contributed by atoms with Gasteiger partial charge >= 0.3 is 0 Å². The first-order valence-electron chi connectivity index (χ1n) is 12.7. The molecule has 0 spiro atoms. The van der Waals surface area contributed by atoms with Gasteiger partial charge in [-0.15, -0.1) is 0 Å². The van der Waals surface area contributed by atoms with Gasteiger partial charge in [0, 0.05) is 43.9 Å². The number of carbonyl (C=O) groups is 4. The molecule has 0 bridgehead atoms. The minimum atomic E-state index is -3.15. The molecule has 1 unspecified atom stereocenters. The Morgan fingerprint density at radius 1 is 1.12 bits per heavy atom. The number of nitriles is 1. The van der Waals surface area contributed by atoms with Gasteiger partial charge in [0.25, 0.3) is 11.8 Å². The molecule has 3 rings (SSSR count). The Labute approximate surface area is 229 Å². The number of carbonyl (C=O) groups excluding carboxylic acids is 4. The molecule has 14 heteroatoms. The molecule has 12 nitrogen and oxygen atoms in total. The number of rotatable bonds is 13. The van der Waals surface area contributed by atoms with Gasteiger partial charge in [0.05, 0.1) is 36.8 Å². The van der Waals surface area contributed by atoms with E-state index >= 15 is 0 Å². The van der Waals surface area contributed by atoms with Crippen LogP contribution >= 0.6 is 0 Å². The number of pyridine rings is 1. The van der Waals surface area contributed by atoms with Gasteiger partial charge in [-0.25, -0.2) is 8.78 Å². The predicted octanol–water partition coefficient (Wildman–Crippen LogP) is 0.465. The minimum Gasteiger partial charge on any atom is -0.492 e. The van der Waals surface area contributed by atoms with Crippen LogP contribution in [0.4, 0.5) is 8.78 Å². The average Bonchev–Trinajstić information content (AvgIpc) is 3.26. The number of amides is 4. The Hall–Kier alpha value is -4.38. The number of nitrogens with two attached hydrogens (primary N) is 1. The minimum absolute atomic E-state index is 0.144. The van der Waals surface area contributed by atoms with Crippen molar-refractivity contribution in [3.05, 3.63) is 36.0 Å². The molecule has 1 atom stereocenters. The number of alkyl halides is 2. The number of halogens is 2. The van der Waals surface area contributed by atoms with Crippen molar-refractivity contribution in [1.82, 2.24) is 25.8 Å². The SMILES string of the molecule is N#CC1CC(F)(F)CN1C(=O)CNC(=O)c1ccnc2ccc(OCCNC(=O)CCCC(=O)NCCN)cc12. The number of aromatic nitrogens is 1. The number of nitrogens with zero attached hydrogens (tertiary/aromatic N) is 3. The summed E-state index contributed by atoms with van der Waals surface area (Å²) >= 11 is 0. The second-order valence-electron chi connectivity index (χ2n) is 9.14. The second-order valence-corrected chi connectivity index (χ2v) is 9.14. The number of fused-ring (bicyclic) bond motifs is 1. The van der Waals surface area contributed by atoms with Crippen molar-refractivity contribution in [2.75, 3.05) is 39.3 Å². The molecule has 4 amide bonds. The molecule has 1 aliphatic heterocycles. The topological polar surface area (TPSA) is 180 Å². The van der Waals surface area contributed by atoms with Gasteiger partial charge in [-0.1, -0.05) is 0 Å². The Balaban J connectivity index is 1.50. The molecule has 0 radical (unpaired) electrons. The van der Waals surface area contributed by atoms with E-state index in [-0.39, 0.29) is 43.4 Å². The van der Waals surface area contributed by atoms with E-state index in [9.17, 15) is 28.0 Å². The summed E-state index contributed by atoms with van der Waals surface area (Å²) in [5.74, 6) is -4.52. The molecule has 0 aliphatic carbocycles. The van der Waals surface area contributed by atoms with Gasteiger partial charge in [0.2, 0.25) is 17.7 Å². The second kappa shape index (κ2) is 14.1. The fourth-order valence-electron chi connectivity index (χ4n) is 4.12. The van der Waals surface area contributed by atoms with Crippen LogP contribution in [0.15, 0.2) is 30.5 Å². The highest BCUT2D eigenvalue weighted by Crippen LogP contribution is 2.31. The molecule has 0 saturated carbocycles. The number of hydrogen-bond donors (Lipinski definition) is 4. The van der Waals surface area contributed by atoms with Gasteiger partial charge in [0.15, 0.2) is 0 Å². The summed E-state index contributed by atoms with van der Waals surface area (Å²) in [6.07, 6.45) is 1.51. The molecular formula is C26H31F2N7O5. The maximum atomic E-state index is 13.6. The summed E-state index contributed by atoms with van der Waals surface area (Å²) in [6, 6.07) is 6.78. The Morgan fingerprint density at radius 3 is 2.55 bits per heavy atom. The quantitative estimate of drug-likeness (QED) is 0.256. The number of benzene rings is 1. The first kappa shape index (κ1) is 30.2. The highest BCUT2D eigenvalue weighted by atomic mass is 19.3. The largest absolute Gasteiger partial charge is 0.492 e. The molecule has 1 saturated heterocycles. The van der Waals surface area contributed by atoms with E-state index in [1.54, 1.807) is 24.3 Å². The fraction of sp³-hybridized carbons (Fsp3) is 0.462. The smallest absolute Gasteiger partial charge is 0.268 e. The summed E-state index contributed by atoms with van der Waals surface area (Å²) in [4.78, 5) is 53.7. The van der Waals surface area contributed by atoms with E-state index < -0.39 is 43.3 Å². The molecule has 5 N–H and O–H groups in total. The van der Waals surface area contributed by atoms with E-state index in [0.717, 1.165) is 4.90 Å². The Kier molecular flexibility index (Phi) is 10.7. The molecule has 1 aromatic heterocycles. The van der Waals surface area contributed by atoms with Crippen molar-refractivity contribution in [3.8, 4) is 11.8 Å². The maximum Gasteiger partial charge on any atom is 0.268 e. The Morgan fingerprint density at radius 2 is 1.85 bits per heavy atom. The summed E-state index contributed by atoms with van der Waals surface area (Å²) in [5.41, 5.74) is 5.99. The van der Waals surface area contributed by atoms with Crippen molar-refractivity contribution >= 4 is 34.5 Å². The normalized spacial score (nSPS) is 15.8. The van der Waals surface area contributed by atoms with Crippen molar-refractivity contribution in [2.45, 2.75) is 37.6 Å². The first-order valence-corrected chi connectivity index (χ1v) is 12.7. The van der Waals surface area contributed by atoms with E-state index in [4.69, 9.17) is 15.7 Å². The van der Waals surface area contributed by atoms with Crippen LogP contribution in [0.5, 0.6) is 5.75 Å². The van der Waals surface area contributed by atoms with Gasteiger partial charge in [-0.05, 0) is 30.7 Å². The molecule has 1 aromatic carbocycles. The van der Waals surface area contributed by atoms with Crippen LogP contribution in [0.25, 0.3) is 10.9 Å². The standard InChI is InChI=1S/C26H31F2N7O5/c27-26(28)13-17(14-30)35(16-26)24(38)15-34-25(39)19-6-8-31-21-5-4-18(12-20(19)21)40-11-10-33-23(37)3-1-2-22(36)32-9-7-29/h4-6,8,12,17H,1-3,7,9-11,13,15-16,29H2,(H,32,36)(H,33,37)(H,34,39). The van der Waals surface area contributed by atoms with Crippen molar-refractivity contribution in [2.24, 2.45) is 5.73 Å². The van der Waals surface area contributed by atoms with Crippen LogP contribution in [-0.4, -0.2) is 84.8 Å². The van der Waals surface area contributed by atoms with Crippen LogP contribution in [-0.2, 0) is 14.4 Å². The maximum absolute atomic E-state index is 13.6. The summed E-state index contributed by atoms with van der Waals surface area (Å²) in [7, 11) is 0. The van der Waals surface area contributed by atoms with Gasteiger partial charge in [-0.2, -0.15) is 5.26 Å². The third-order valence-electron chi connectivity index (χ3n) is 6.06. The van der Waals surface area contributed by atoms with Crippen molar-refractivity contribution < 1.29 is 32.7 Å². The van der Waals surface area contributed by atoms with Crippen LogP contribution in [0.3, 0.4) is 0 Å².